The monoisotopic (exact) mass is 247 g/mol. The Balaban J connectivity index is 1.97. The van der Waals surface area contributed by atoms with Crippen LogP contribution >= 0.6 is 12.2 Å². The van der Waals surface area contributed by atoms with Gasteiger partial charge in [-0.15, -0.1) is 5.10 Å². The van der Waals surface area contributed by atoms with Gasteiger partial charge in [-0.3, -0.25) is 4.68 Å². The van der Waals surface area contributed by atoms with E-state index in [0.29, 0.717) is 4.99 Å². The number of benzene rings is 1. The van der Waals surface area contributed by atoms with Crippen LogP contribution in [0.3, 0.4) is 0 Å². The van der Waals surface area contributed by atoms with Crippen LogP contribution in [0.15, 0.2) is 36.7 Å². The molecule has 5 nitrogen and oxygen atoms in total. The molecule has 0 amide bonds. The molecule has 0 spiro atoms. The molecule has 2 rings (SSSR count). The number of anilines is 1. The molecule has 0 unspecified atom stereocenters. The molecule has 0 radical (unpaired) electrons. The molecule has 1 aromatic carbocycles. The Kier molecular flexibility index (Phi) is 3.66. The maximum atomic E-state index is 5.64. The zero-order chi connectivity index (χ0) is 12.1. The van der Waals surface area contributed by atoms with E-state index in [1.54, 1.807) is 10.9 Å². The van der Waals surface area contributed by atoms with Gasteiger partial charge >= 0.3 is 0 Å². The van der Waals surface area contributed by atoms with Gasteiger partial charge in [0.15, 0.2) is 0 Å². The first-order chi connectivity index (χ1) is 8.27. The Bertz CT molecular complexity index is 494. The molecule has 0 saturated carbocycles. The smallest absolute Gasteiger partial charge is 0.106 e. The molecule has 3 N–H and O–H groups in total. The van der Waals surface area contributed by atoms with Gasteiger partial charge in [-0.1, -0.05) is 29.6 Å². The molecule has 1 aromatic heterocycles. The van der Waals surface area contributed by atoms with Gasteiger partial charge in [0.25, 0.3) is 0 Å². The Hall–Kier alpha value is -1.95. The molecule has 0 bridgehead atoms. The molecule has 1 heterocycles. The van der Waals surface area contributed by atoms with Crippen LogP contribution in [0, 0.1) is 0 Å². The third-order valence-electron chi connectivity index (χ3n) is 2.32. The average Bonchev–Trinajstić information content (AvgIpc) is 2.82. The quantitative estimate of drug-likeness (QED) is 0.772. The minimum Gasteiger partial charge on any atom is -0.389 e. The Morgan fingerprint density at radius 1 is 1.41 bits per heavy atom. The van der Waals surface area contributed by atoms with E-state index in [-0.39, 0.29) is 0 Å². The average molecular weight is 247 g/mol. The van der Waals surface area contributed by atoms with Crippen LogP contribution < -0.4 is 11.1 Å². The number of thiocarbonyl (C=S) groups is 1. The van der Waals surface area contributed by atoms with E-state index in [4.69, 9.17) is 18.0 Å². The normalized spacial score (nSPS) is 10.1. The highest BCUT2D eigenvalue weighted by atomic mass is 32.1. The summed E-state index contributed by atoms with van der Waals surface area (Å²) >= 11 is 4.99. The number of nitrogens with two attached hydrogens (primary N) is 1. The summed E-state index contributed by atoms with van der Waals surface area (Å²) in [6.07, 6.45) is 3.48. The summed E-state index contributed by atoms with van der Waals surface area (Å²) in [6.45, 7) is 1.48. The van der Waals surface area contributed by atoms with Crippen LogP contribution in [0.2, 0.25) is 0 Å². The summed E-state index contributed by atoms with van der Waals surface area (Å²) in [4.78, 5) is 0.397. The lowest BCUT2D eigenvalue weighted by Gasteiger charge is -2.10. The highest BCUT2D eigenvalue weighted by Gasteiger charge is 2.03. The summed E-state index contributed by atoms with van der Waals surface area (Å²) < 4.78 is 1.76. The fourth-order valence-corrected chi connectivity index (χ4v) is 1.69. The first-order valence-corrected chi connectivity index (χ1v) is 5.65. The molecule has 2 aromatic rings. The molecule has 0 fully saturated rings. The van der Waals surface area contributed by atoms with Gasteiger partial charge in [-0.25, -0.2) is 0 Å². The van der Waals surface area contributed by atoms with Gasteiger partial charge in [0, 0.05) is 24.0 Å². The van der Waals surface area contributed by atoms with E-state index >= 15 is 0 Å². The fraction of sp³-hybridized carbons (Fsp3) is 0.182. The van der Waals surface area contributed by atoms with E-state index in [9.17, 15) is 0 Å². The Morgan fingerprint density at radius 3 is 2.94 bits per heavy atom. The van der Waals surface area contributed by atoms with Crippen LogP contribution in [0.5, 0.6) is 0 Å². The molecule has 6 heteroatoms. The van der Waals surface area contributed by atoms with Crippen LogP contribution in [0.1, 0.15) is 5.56 Å². The van der Waals surface area contributed by atoms with Gasteiger partial charge in [-0.05, 0) is 12.1 Å². The van der Waals surface area contributed by atoms with E-state index in [1.807, 2.05) is 30.5 Å². The second-order valence-electron chi connectivity index (χ2n) is 3.50. The van der Waals surface area contributed by atoms with Crippen molar-refractivity contribution in [2.24, 2.45) is 5.73 Å². The minimum absolute atomic E-state index is 0.397. The van der Waals surface area contributed by atoms with Crippen LogP contribution in [-0.2, 0) is 6.54 Å². The maximum absolute atomic E-state index is 5.64. The highest BCUT2D eigenvalue weighted by molar-refractivity contribution is 7.80. The summed E-state index contributed by atoms with van der Waals surface area (Å²) in [5, 5.41) is 10.9. The van der Waals surface area contributed by atoms with E-state index in [1.165, 1.54) is 0 Å². The zero-order valence-corrected chi connectivity index (χ0v) is 10.0. The van der Waals surface area contributed by atoms with Gasteiger partial charge in [0.05, 0.1) is 12.7 Å². The van der Waals surface area contributed by atoms with Crippen LogP contribution in [0.4, 0.5) is 5.69 Å². The largest absolute Gasteiger partial charge is 0.389 e. The molecule has 0 saturated heterocycles. The lowest BCUT2D eigenvalue weighted by molar-refractivity contribution is 0.609. The van der Waals surface area contributed by atoms with Crippen LogP contribution in [-0.4, -0.2) is 26.5 Å². The third-order valence-corrected chi connectivity index (χ3v) is 2.54. The number of para-hydroxylation sites is 1. The van der Waals surface area contributed by atoms with Crippen molar-refractivity contribution in [1.29, 1.82) is 0 Å². The minimum atomic E-state index is 0.397. The first-order valence-electron chi connectivity index (χ1n) is 5.24. The maximum Gasteiger partial charge on any atom is 0.106 e. The number of aromatic nitrogens is 3. The van der Waals surface area contributed by atoms with Crippen molar-refractivity contribution in [3.05, 3.63) is 42.2 Å². The summed E-state index contributed by atoms with van der Waals surface area (Å²) in [5.74, 6) is 0. The van der Waals surface area contributed by atoms with Crippen molar-refractivity contribution >= 4 is 22.9 Å². The van der Waals surface area contributed by atoms with Crippen molar-refractivity contribution in [2.45, 2.75) is 6.54 Å². The number of rotatable bonds is 5. The standard InChI is InChI=1S/C11H13N5S/c12-11(17)9-3-1-2-4-10(9)13-5-7-16-8-6-14-15-16/h1-4,6,8,13H,5,7H2,(H2,12,17). The number of hydrogen-bond donors (Lipinski definition) is 2. The lowest BCUT2D eigenvalue weighted by atomic mass is 10.2. The van der Waals surface area contributed by atoms with Crippen molar-refractivity contribution < 1.29 is 0 Å². The number of hydrogen-bond acceptors (Lipinski definition) is 4. The summed E-state index contributed by atoms with van der Waals surface area (Å²) in [6, 6.07) is 7.71. The fourth-order valence-electron chi connectivity index (χ4n) is 1.51. The molecule has 0 aliphatic rings. The molecular weight excluding hydrogens is 234 g/mol. The highest BCUT2D eigenvalue weighted by Crippen LogP contribution is 2.14. The van der Waals surface area contributed by atoms with E-state index in [2.05, 4.69) is 15.6 Å². The van der Waals surface area contributed by atoms with E-state index in [0.717, 1.165) is 24.3 Å². The second kappa shape index (κ2) is 5.40. The van der Waals surface area contributed by atoms with Crippen molar-refractivity contribution in [3.63, 3.8) is 0 Å². The van der Waals surface area contributed by atoms with Crippen molar-refractivity contribution in [3.8, 4) is 0 Å². The molecule has 0 aliphatic heterocycles. The van der Waals surface area contributed by atoms with Gasteiger partial charge in [0.2, 0.25) is 0 Å². The predicted octanol–water partition coefficient (Wildman–Crippen LogP) is 1.02. The second-order valence-corrected chi connectivity index (χ2v) is 3.94. The Morgan fingerprint density at radius 2 is 2.24 bits per heavy atom. The SMILES string of the molecule is NC(=S)c1ccccc1NCCn1ccnn1. The number of nitrogens with zero attached hydrogens (tertiary/aromatic N) is 3. The van der Waals surface area contributed by atoms with Gasteiger partial charge in [0.1, 0.15) is 4.99 Å². The summed E-state index contributed by atoms with van der Waals surface area (Å²) in [7, 11) is 0. The predicted molar refractivity (Wildman–Crippen MR) is 70.8 cm³/mol. The topological polar surface area (TPSA) is 68.8 Å². The lowest BCUT2D eigenvalue weighted by Crippen LogP contribution is -2.16. The number of nitrogens with one attached hydrogen (secondary N) is 1. The van der Waals surface area contributed by atoms with Crippen LogP contribution in [0.25, 0.3) is 0 Å². The zero-order valence-electron chi connectivity index (χ0n) is 9.21. The van der Waals surface area contributed by atoms with Gasteiger partial charge in [-0.2, -0.15) is 0 Å². The molecule has 17 heavy (non-hydrogen) atoms. The Labute approximate surface area is 105 Å². The van der Waals surface area contributed by atoms with E-state index < -0.39 is 0 Å². The molecule has 0 atom stereocenters. The van der Waals surface area contributed by atoms with Crippen molar-refractivity contribution in [2.75, 3.05) is 11.9 Å². The van der Waals surface area contributed by atoms with Gasteiger partial charge < -0.3 is 11.1 Å². The molecular formula is C11H13N5S. The summed E-state index contributed by atoms with van der Waals surface area (Å²) in [5.41, 5.74) is 7.45. The van der Waals surface area contributed by atoms with Crippen molar-refractivity contribution in [1.82, 2.24) is 15.0 Å². The molecule has 0 aliphatic carbocycles. The molecule has 88 valence electrons. The first kappa shape index (κ1) is 11.5. The third kappa shape index (κ3) is 3.01.